The van der Waals surface area contributed by atoms with Crippen LogP contribution in [0, 0.1) is 0 Å². The van der Waals surface area contributed by atoms with Crippen LogP contribution in [-0.2, 0) is 9.47 Å². The molecule has 4 nitrogen and oxygen atoms in total. The van der Waals surface area contributed by atoms with Crippen molar-refractivity contribution in [3.8, 4) is 0 Å². The van der Waals surface area contributed by atoms with Gasteiger partial charge in [-0.05, 0) is 41.2 Å². The minimum atomic E-state index is -0.273. The Labute approximate surface area is 99.3 Å². The summed E-state index contributed by atoms with van der Waals surface area (Å²) < 4.78 is 11.1. The van der Waals surface area contributed by atoms with E-state index in [9.17, 15) is 5.11 Å². The Hall–Kier alpha value is -0.160. The van der Waals surface area contributed by atoms with Crippen LogP contribution in [0.15, 0.2) is 0 Å². The molecule has 0 heterocycles. The Morgan fingerprint density at radius 1 is 1.31 bits per heavy atom. The van der Waals surface area contributed by atoms with E-state index in [2.05, 4.69) is 5.32 Å². The van der Waals surface area contributed by atoms with E-state index >= 15 is 0 Å². The van der Waals surface area contributed by atoms with Crippen molar-refractivity contribution in [3.63, 3.8) is 0 Å². The third-order valence-electron chi connectivity index (χ3n) is 2.71. The lowest BCUT2D eigenvalue weighted by Crippen LogP contribution is -2.46. The molecule has 0 aliphatic rings. The van der Waals surface area contributed by atoms with Crippen LogP contribution in [0.2, 0.25) is 0 Å². The maximum atomic E-state index is 9.27. The van der Waals surface area contributed by atoms with Crippen LogP contribution in [0.5, 0.6) is 0 Å². The van der Waals surface area contributed by atoms with Gasteiger partial charge in [-0.25, -0.2) is 0 Å². The predicted molar refractivity (Wildman–Crippen MR) is 65.7 cm³/mol. The fraction of sp³-hybridized carbons (Fsp3) is 1.00. The van der Waals surface area contributed by atoms with E-state index in [4.69, 9.17) is 9.47 Å². The highest BCUT2D eigenvalue weighted by molar-refractivity contribution is 4.83. The lowest BCUT2D eigenvalue weighted by atomic mass is 9.96. The molecule has 0 aliphatic heterocycles. The van der Waals surface area contributed by atoms with Gasteiger partial charge in [0.2, 0.25) is 0 Å². The molecule has 0 fully saturated rings. The highest BCUT2D eigenvalue weighted by atomic mass is 16.5. The molecule has 4 heteroatoms. The summed E-state index contributed by atoms with van der Waals surface area (Å²) in [6, 6.07) is 0. The Balaban J connectivity index is 3.92. The minimum Gasteiger partial charge on any atom is -0.394 e. The molecule has 3 atom stereocenters. The molecule has 3 unspecified atom stereocenters. The number of likely N-dealkylation sites (N-methyl/N-ethyl adjacent to an activating group) is 1. The largest absolute Gasteiger partial charge is 0.394 e. The minimum absolute atomic E-state index is 0.0924. The first kappa shape index (κ1) is 15.8. The summed E-state index contributed by atoms with van der Waals surface area (Å²) in [5.41, 5.74) is -0.273. The van der Waals surface area contributed by atoms with Gasteiger partial charge in [0.1, 0.15) is 0 Å². The normalized spacial score (nSPS) is 19.1. The second-order valence-electron chi connectivity index (χ2n) is 4.59. The Kier molecular flexibility index (Phi) is 7.93. The van der Waals surface area contributed by atoms with Gasteiger partial charge in [0, 0.05) is 12.1 Å². The molecule has 2 N–H and O–H groups in total. The molecule has 0 aromatic carbocycles. The van der Waals surface area contributed by atoms with Crippen molar-refractivity contribution < 1.29 is 14.6 Å². The fourth-order valence-corrected chi connectivity index (χ4v) is 1.65. The number of aliphatic hydroxyl groups is 1. The molecule has 0 saturated heterocycles. The monoisotopic (exact) mass is 233 g/mol. The molecule has 0 radical (unpaired) electrons. The SMILES string of the molecule is CCOCC(C)OC(C)CC(C)(CO)NC. The van der Waals surface area contributed by atoms with Crippen molar-refractivity contribution in [2.75, 3.05) is 26.9 Å². The number of nitrogens with one attached hydrogen (secondary N) is 1. The smallest absolute Gasteiger partial charge is 0.0784 e. The highest BCUT2D eigenvalue weighted by Gasteiger charge is 2.24. The van der Waals surface area contributed by atoms with Gasteiger partial charge in [0.25, 0.3) is 0 Å². The number of hydrogen-bond donors (Lipinski definition) is 2. The summed E-state index contributed by atoms with van der Waals surface area (Å²) in [5.74, 6) is 0. The molecule has 0 amide bonds. The molecule has 0 aliphatic carbocycles. The van der Waals surface area contributed by atoms with Crippen LogP contribution in [0.25, 0.3) is 0 Å². The first-order chi connectivity index (χ1) is 7.47. The van der Waals surface area contributed by atoms with Gasteiger partial charge < -0.3 is 19.9 Å². The average Bonchev–Trinajstić information content (AvgIpc) is 2.25. The molecule has 0 rings (SSSR count). The second kappa shape index (κ2) is 8.01. The molecule has 0 aromatic rings. The second-order valence-corrected chi connectivity index (χ2v) is 4.59. The predicted octanol–water partition coefficient (Wildman–Crippen LogP) is 1.18. The topological polar surface area (TPSA) is 50.7 Å². The zero-order valence-electron chi connectivity index (χ0n) is 11.2. The van der Waals surface area contributed by atoms with Crippen LogP contribution in [-0.4, -0.2) is 49.7 Å². The van der Waals surface area contributed by atoms with Crippen molar-refractivity contribution in [3.05, 3.63) is 0 Å². The standard InChI is InChI=1S/C12H27NO3/c1-6-15-8-11(3)16-10(2)7-12(4,9-14)13-5/h10-11,13-14H,6-9H2,1-5H3. The van der Waals surface area contributed by atoms with E-state index in [1.165, 1.54) is 0 Å². The van der Waals surface area contributed by atoms with Crippen LogP contribution in [0.4, 0.5) is 0 Å². The van der Waals surface area contributed by atoms with Crippen molar-refractivity contribution in [1.82, 2.24) is 5.32 Å². The number of rotatable bonds is 9. The number of hydrogen-bond acceptors (Lipinski definition) is 4. The summed E-state index contributed by atoms with van der Waals surface area (Å²) in [5, 5.41) is 12.4. The van der Waals surface area contributed by atoms with Gasteiger partial charge in [0.05, 0.1) is 25.4 Å². The van der Waals surface area contributed by atoms with Crippen molar-refractivity contribution in [2.45, 2.75) is 51.9 Å². The van der Waals surface area contributed by atoms with Gasteiger partial charge in [-0.15, -0.1) is 0 Å². The van der Waals surface area contributed by atoms with Gasteiger partial charge in [-0.3, -0.25) is 0 Å². The Morgan fingerprint density at radius 2 is 1.94 bits per heavy atom. The van der Waals surface area contributed by atoms with Gasteiger partial charge >= 0.3 is 0 Å². The molecular weight excluding hydrogens is 206 g/mol. The van der Waals surface area contributed by atoms with Gasteiger partial charge in [-0.1, -0.05) is 0 Å². The summed E-state index contributed by atoms with van der Waals surface area (Å²) in [4.78, 5) is 0. The fourth-order valence-electron chi connectivity index (χ4n) is 1.65. The zero-order chi connectivity index (χ0) is 12.6. The van der Waals surface area contributed by atoms with Crippen LogP contribution in [0.1, 0.15) is 34.1 Å². The summed E-state index contributed by atoms with van der Waals surface area (Å²) in [7, 11) is 1.85. The first-order valence-electron chi connectivity index (χ1n) is 6.00. The summed E-state index contributed by atoms with van der Waals surface area (Å²) in [6.45, 7) is 9.43. The third kappa shape index (κ3) is 6.43. The van der Waals surface area contributed by atoms with Crippen molar-refractivity contribution in [1.29, 1.82) is 0 Å². The highest BCUT2D eigenvalue weighted by Crippen LogP contribution is 2.14. The maximum Gasteiger partial charge on any atom is 0.0784 e. The molecule has 0 bridgehead atoms. The quantitative estimate of drug-likeness (QED) is 0.628. The molecular formula is C12H27NO3. The van der Waals surface area contributed by atoms with E-state index in [-0.39, 0.29) is 24.4 Å². The van der Waals surface area contributed by atoms with Gasteiger partial charge in [0.15, 0.2) is 0 Å². The number of ether oxygens (including phenoxy) is 2. The average molecular weight is 233 g/mol. The van der Waals surface area contributed by atoms with Gasteiger partial charge in [-0.2, -0.15) is 0 Å². The summed E-state index contributed by atoms with van der Waals surface area (Å²) in [6.07, 6.45) is 0.964. The van der Waals surface area contributed by atoms with E-state index in [1.807, 2.05) is 34.7 Å². The number of aliphatic hydroxyl groups excluding tert-OH is 1. The van der Waals surface area contributed by atoms with E-state index in [0.29, 0.717) is 13.2 Å². The van der Waals surface area contributed by atoms with E-state index in [1.54, 1.807) is 0 Å². The van der Waals surface area contributed by atoms with Crippen LogP contribution >= 0.6 is 0 Å². The Bertz CT molecular complexity index is 172. The molecule has 16 heavy (non-hydrogen) atoms. The van der Waals surface area contributed by atoms with Crippen molar-refractivity contribution in [2.24, 2.45) is 0 Å². The zero-order valence-corrected chi connectivity index (χ0v) is 11.2. The summed E-state index contributed by atoms with van der Waals surface area (Å²) >= 11 is 0. The molecule has 0 aromatic heterocycles. The molecule has 98 valence electrons. The first-order valence-corrected chi connectivity index (χ1v) is 6.00. The molecule has 0 spiro atoms. The van der Waals surface area contributed by atoms with Crippen LogP contribution < -0.4 is 5.32 Å². The van der Waals surface area contributed by atoms with E-state index < -0.39 is 0 Å². The van der Waals surface area contributed by atoms with Crippen LogP contribution in [0.3, 0.4) is 0 Å². The maximum absolute atomic E-state index is 9.27. The van der Waals surface area contributed by atoms with E-state index in [0.717, 1.165) is 6.42 Å². The third-order valence-corrected chi connectivity index (χ3v) is 2.71. The lowest BCUT2D eigenvalue weighted by Gasteiger charge is -2.31. The molecule has 0 saturated carbocycles. The lowest BCUT2D eigenvalue weighted by molar-refractivity contribution is -0.0526. The van der Waals surface area contributed by atoms with Crippen molar-refractivity contribution >= 4 is 0 Å². The Morgan fingerprint density at radius 3 is 2.38 bits per heavy atom.